The van der Waals surface area contributed by atoms with E-state index in [0.29, 0.717) is 17.4 Å². The van der Waals surface area contributed by atoms with Gasteiger partial charge in [-0.25, -0.2) is 17.6 Å². The van der Waals surface area contributed by atoms with Gasteiger partial charge in [-0.05, 0) is 195 Å². The van der Waals surface area contributed by atoms with Gasteiger partial charge in [0.05, 0.1) is 0 Å². The monoisotopic (exact) mass is 1070 g/mol. The van der Waals surface area contributed by atoms with Crippen LogP contribution in [0.4, 0.5) is 35.1 Å². The molecule has 3 nitrogen and oxygen atoms in total. The fourth-order valence-electron chi connectivity index (χ4n) is 10.7. The summed E-state index contributed by atoms with van der Waals surface area (Å²) in [6.07, 6.45) is 25.0. The van der Waals surface area contributed by atoms with Crippen LogP contribution in [0.2, 0.25) is 0 Å². The summed E-state index contributed by atoms with van der Waals surface area (Å²) >= 11 is 1.62. The Morgan fingerprint density at radius 1 is 0.606 bits per heavy atom. The number of hydrogen-bond acceptors (Lipinski definition) is 3. The van der Waals surface area contributed by atoms with Crippen molar-refractivity contribution >= 4 is 22.6 Å². The van der Waals surface area contributed by atoms with E-state index in [9.17, 15) is 40.2 Å². The van der Waals surface area contributed by atoms with Crippen molar-refractivity contribution in [3.63, 3.8) is 0 Å². The Bertz CT molecular complexity index is 1440. The Balaban J connectivity index is 0. The zero-order valence-corrected chi connectivity index (χ0v) is 43.6. The third kappa shape index (κ3) is 27.7. The van der Waals surface area contributed by atoms with E-state index < -0.39 is 31.7 Å². The molecule has 0 atom stereocenters. The third-order valence-electron chi connectivity index (χ3n) is 14.0. The average molecular weight is 1070 g/mol. The number of ether oxygens (including phenoxy) is 2. The predicted molar refractivity (Wildman–Crippen MR) is 262 cm³/mol. The third-order valence-corrected chi connectivity index (χ3v) is 14.0. The molecule has 4 aliphatic carbocycles. The molecular weight excluding hydrogens is 986 g/mol. The molecule has 1 N–H and O–H groups in total. The minimum atomic E-state index is -2.29. The largest absolute Gasteiger partial charge is 1.00 e. The van der Waals surface area contributed by atoms with Crippen molar-refractivity contribution in [3.05, 3.63) is 84.5 Å². The van der Waals surface area contributed by atoms with Crippen molar-refractivity contribution < 1.29 is 80.7 Å². The van der Waals surface area contributed by atoms with Crippen LogP contribution in [0.3, 0.4) is 0 Å². The number of hydrogen-bond donors (Lipinski definition) is 1. The first-order valence-corrected chi connectivity index (χ1v) is 25.5. The fraction of sp³-hybridized carbons (Fsp3) is 0.698. The number of alkyl halides is 3. The van der Waals surface area contributed by atoms with Crippen molar-refractivity contribution in [2.45, 2.75) is 174 Å². The van der Waals surface area contributed by atoms with Crippen molar-refractivity contribution in [1.29, 1.82) is 0 Å². The van der Waals surface area contributed by atoms with Crippen LogP contribution in [0, 0.1) is 35.5 Å². The first-order chi connectivity index (χ1) is 31.0. The zero-order valence-electron chi connectivity index (χ0n) is 40.4. The molecule has 0 bridgehead atoms. The van der Waals surface area contributed by atoms with E-state index in [1.165, 1.54) is 152 Å². The Kier molecular flexibility index (Phi) is 39.6. The predicted octanol–water partition coefficient (Wildman–Crippen LogP) is 16.4. The minimum absolute atomic E-state index is 0. The molecule has 2 aromatic carbocycles. The van der Waals surface area contributed by atoms with Crippen molar-refractivity contribution in [2.24, 2.45) is 35.5 Å². The summed E-state index contributed by atoms with van der Waals surface area (Å²) in [5, 5.41) is 9.43. The molecule has 5 aliphatic rings. The van der Waals surface area contributed by atoms with E-state index in [1.54, 1.807) is 22.6 Å². The van der Waals surface area contributed by atoms with Crippen LogP contribution in [-0.2, 0) is 4.74 Å². The van der Waals surface area contributed by atoms with E-state index in [0.717, 1.165) is 54.6 Å². The topological polar surface area (TPSA) is 38.7 Å². The van der Waals surface area contributed by atoms with Gasteiger partial charge in [0.25, 0.3) is 12.2 Å². The molecule has 5 fully saturated rings. The average Bonchev–Trinajstić information content (AvgIpc) is 3.93. The summed E-state index contributed by atoms with van der Waals surface area (Å²) in [4.78, 5) is 0. The van der Waals surface area contributed by atoms with Gasteiger partial charge in [-0.1, -0.05) is 96.9 Å². The molecule has 7 rings (SSSR count). The number of benzene rings is 2. The summed E-state index contributed by atoms with van der Waals surface area (Å²) in [6.45, 7) is 5.91. The molecule has 0 unspecified atom stereocenters. The molecule has 4 saturated carbocycles. The van der Waals surface area contributed by atoms with Gasteiger partial charge in [-0.2, -0.15) is 17.6 Å². The van der Waals surface area contributed by atoms with Gasteiger partial charge >= 0.3 is 29.6 Å². The SMILES string of the molecule is C.C1CCOC1.CCCC1CCC(C2CCC(c3ccc(O)cc3)CC2)CC1.CCCC1CCC(C2CCC(c3ccc(OCF)cc3)CC2)CC1.FC=C(F)F.FC=C(F)F.FCI.[H-].[Na+]. The van der Waals surface area contributed by atoms with Crippen LogP contribution in [-0.4, -0.2) is 29.9 Å². The second kappa shape index (κ2) is 40.4. The number of phenols is 1. The summed E-state index contributed by atoms with van der Waals surface area (Å²) in [7, 11) is 0. The van der Waals surface area contributed by atoms with Crippen LogP contribution >= 0.6 is 22.6 Å². The number of phenolic OH excluding ortho intramolecular Hbond substituents is 1. The smallest absolute Gasteiger partial charge is 1.00 e. The summed E-state index contributed by atoms with van der Waals surface area (Å²) in [6, 6.07) is 16.0. The van der Waals surface area contributed by atoms with Crippen LogP contribution in [0.1, 0.15) is 187 Å². The van der Waals surface area contributed by atoms with Gasteiger partial charge in [-0.3, -0.25) is 0 Å². The number of rotatable bonds is 10. The zero-order chi connectivity index (χ0) is 47.0. The Hall–Kier alpha value is -1.35. The first kappa shape index (κ1) is 64.7. The second-order valence-corrected chi connectivity index (χ2v) is 18.6. The molecule has 1 aliphatic heterocycles. The van der Waals surface area contributed by atoms with E-state index in [1.807, 2.05) is 24.3 Å². The van der Waals surface area contributed by atoms with Crippen LogP contribution in [0.25, 0.3) is 0 Å². The maximum Gasteiger partial charge on any atom is 1.00 e. The molecule has 376 valence electrons. The molecule has 0 aromatic heterocycles. The van der Waals surface area contributed by atoms with E-state index in [4.69, 9.17) is 9.47 Å². The van der Waals surface area contributed by atoms with Gasteiger partial charge in [0.2, 0.25) is 6.86 Å². The fourth-order valence-corrected chi connectivity index (χ4v) is 10.7. The van der Waals surface area contributed by atoms with E-state index in [-0.39, 0.29) is 43.1 Å². The number of aromatic hydroxyl groups is 1. The van der Waals surface area contributed by atoms with E-state index in [2.05, 4.69) is 38.1 Å². The minimum Gasteiger partial charge on any atom is -1.00 e. The van der Waals surface area contributed by atoms with Gasteiger partial charge in [0.15, 0.2) is 12.7 Å². The van der Waals surface area contributed by atoms with E-state index >= 15 is 0 Å². The van der Waals surface area contributed by atoms with Crippen molar-refractivity contribution in [1.82, 2.24) is 0 Å². The van der Waals surface area contributed by atoms with Crippen molar-refractivity contribution in [2.75, 3.05) is 24.8 Å². The summed E-state index contributed by atoms with van der Waals surface area (Å²) in [5.41, 5.74) is 2.84. The normalized spacial score (nSPS) is 25.3. The molecule has 0 radical (unpaired) electrons. The molecular formula is C53H82F8INaO3. The maximum atomic E-state index is 12.2. The quantitative estimate of drug-likeness (QED) is 0.112. The standard InChI is InChI=1S/C22H33FO.C21H32O.C4H8O.2C2HF3.CH2FI.CH4.Na.H/c1-2-3-17-4-6-18(7-5-17)19-8-10-20(11-9-19)21-12-14-22(15-13-21)24-16-23;1-2-3-16-4-6-17(7-5-16)18-8-10-19(11-9-18)20-12-14-21(22)15-13-20;1-2-4-5-3-1;2*3-1-2(4)5;2-1-3;;;/h12-15,17-20H,2-11,16H2,1H3;12-19,22H,2-11H2,1H3;1-4H2;2*1H;1H2;1H4;;/q;;;;;;;+1;-1. The van der Waals surface area contributed by atoms with Crippen LogP contribution in [0.5, 0.6) is 11.5 Å². The van der Waals surface area contributed by atoms with Gasteiger partial charge in [0.1, 0.15) is 16.2 Å². The molecule has 1 saturated heterocycles. The Morgan fingerprint density at radius 2 is 0.909 bits per heavy atom. The molecule has 66 heavy (non-hydrogen) atoms. The molecule has 1 heterocycles. The second-order valence-electron chi connectivity index (χ2n) is 18.0. The molecule has 13 heteroatoms. The van der Waals surface area contributed by atoms with Gasteiger partial charge in [0, 0.05) is 13.2 Å². The molecule has 0 amide bonds. The Morgan fingerprint density at radius 3 is 1.17 bits per heavy atom. The summed E-state index contributed by atoms with van der Waals surface area (Å²) in [5.74, 6) is 8.50. The maximum absolute atomic E-state index is 12.2. The van der Waals surface area contributed by atoms with Gasteiger partial charge < -0.3 is 16.0 Å². The van der Waals surface area contributed by atoms with Crippen molar-refractivity contribution in [3.8, 4) is 11.5 Å². The first-order valence-electron chi connectivity index (χ1n) is 24.0. The Labute approximate surface area is 431 Å². The number of halogens is 9. The summed E-state index contributed by atoms with van der Waals surface area (Å²) < 4.78 is 93.5. The van der Waals surface area contributed by atoms with Crippen LogP contribution < -0.4 is 34.3 Å². The molecule has 0 spiro atoms. The molecule has 2 aromatic rings. The van der Waals surface area contributed by atoms with Gasteiger partial charge in [-0.15, -0.1) is 0 Å². The van der Waals surface area contributed by atoms with Crippen LogP contribution in [0.15, 0.2) is 73.4 Å².